The van der Waals surface area contributed by atoms with E-state index in [9.17, 15) is 24.8 Å². The third-order valence-electron chi connectivity index (χ3n) is 4.26. The van der Waals surface area contributed by atoms with Gasteiger partial charge in [0.2, 0.25) is 5.82 Å². The summed E-state index contributed by atoms with van der Waals surface area (Å²) in [5, 5.41) is 28.4. The number of nitrogens with zero attached hydrogens (tertiary/aromatic N) is 5. The zero-order chi connectivity index (χ0) is 22.5. The predicted octanol–water partition coefficient (Wildman–Crippen LogP) is 1.57. The number of amidine groups is 1. The summed E-state index contributed by atoms with van der Waals surface area (Å²) in [5.41, 5.74) is -0.0254. The molecule has 0 saturated carbocycles. The highest BCUT2D eigenvalue weighted by atomic mass is 79.9. The second-order valence-corrected chi connectivity index (χ2v) is 6.78. The molecule has 2 N–H and O–H groups in total. The van der Waals surface area contributed by atoms with Gasteiger partial charge >= 0.3 is 11.9 Å². The Labute approximate surface area is 183 Å². The van der Waals surface area contributed by atoms with E-state index >= 15 is 0 Å². The molecule has 12 nitrogen and oxygen atoms in total. The van der Waals surface area contributed by atoms with Crippen LogP contribution in [0.1, 0.15) is 24.4 Å². The Morgan fingerprint density at radius 2 is 2.13 bits per heavy atom. The number of nitrogens with one attached hydrogen (secondary N) is 1. The number of ether oxygens (including phenoxy) is 1. The van der Waals surface area contributed by atoms with Crippen LogP contribution in [0.25, 0.3) is 0 Å². The molecule has 2 aromatic rings. The summed E-state index contributed by atoms with van der Waals surface area (Å²) in [5.74, 6) is -1.56. The van der Waals surface area contributed by atoms with Crippen molar-refractivity contribution in [3.05, 3.63) is 63.4 Å². The van der Waals surface area contributed by atoms with Crippen LogP contribution >= 0.6 is 15.9 Å². The number of carboxylic acids is 1. The van der Waals surface area contributed by atoms with E-state index in [2.05, 4.69) is 36.3 Å². The summed E-state index contributed by atoms with van der Waals surface area (Å²) >= 11 is 3.24. The summed E-state index contributed by atoms with van der Waals surface area (Å²) < 4.78 is 6.12. The van der Waals surface area contributed by atoms with Crippen molar-refractivity contribution in [3.8, 4) is 0 Å². The van der Waals surface area contributed by atoms with Crippen molar-refractivity contribution in [1.29, 1.82) is 0 Å². The molecule has 0 aliphatic carbocycles. The number of aliphatic imine (C=N–C) groups is 1. The number of nitro groups is 1. The Balaban J connectivity index is 2.05. The summed E-state index contributed by atoms with van der Waals surface area (Å²) in [7, 11) is 0. The maximum absolute atomic E-state index is 12.0. The number of rotatable bonds is 8. The van der Waals surface area contributed by atoms with Crippen molar-refractivity contribution in [1.82, 2.24) is 20.1 Å². The number of carbonyl (C=O) groups is 2. The van der Waals surface area contributed by atoms with E-state index in [0.29, 0.717) is 0 Å². The molecule has 0 spiro atoms. The fraction of sp³-hybridized carbons (Fsp3) is 0.278. The lowest BCUT2D eigenvalue weighted by atomic mass is 9.94. The molecule has 13 heteroatoms. The van der Waals surface area contributed by atoms with E-state index in [1.807, 2.05) is 0 Å². The topological polar surface area (TPSA) is 162 Å². The van der Waals surface area contributed by atoms with Crippen molar-refractivity contribution >= 4 is 39.4 Å². The summed E-state index contributed by atoms with van der Waals surface area (Å²) in [6, 6.07) is 4.63. The number of halogens is 1. The fourth-order valence-corrected chi connectivity index (χ4v) is 3.44. The number of esters is 1. The minimum absolute atomic E-state index is 0.0933. The number of carbonyl (C=O) groups excluding carboxylic acids is 1. The highest BCUT2D eigenvalue weighted by Crippen LogP contribution is 2.36. The number of allylic oxidation sites excluding steroid dienone is 1. The number of aliphatic carboxylic acids is 1. The number of hydrogen-bond acceptors (Lipinski definition) is 9. The average Bonchev–Trinajstić information content (AvgIpc) is 3.21. The lowest BCUT2D eigenvalue weighted by Crippen LogP contribution is -2.35. The zero-order valence-corrected chi connectivity index (χ0v) is 17.8. The molecule has 1 aromatic heterocycles. The minimum Gasteiger partial charge on any atom is -0.478 e. The molecule has 1 aliphatic rings. The van der Waals surface area contributed by atoms with Crippen LogP contribution < -0.4 is 5.32 Å². The molecule has 0 saturated heterocycles. The largest absolute Gasteiger partial charge is 0.478 e. The number of para-hydroxylation sites is 1. The molecule has 3 rings (SSSR count). The number of aromatic nitrogens is 3. The Hall–Kier alpha value is -3.61. The normalized spacial score (nSPS) is 15.8. The van der Waals surface area contributed by atoms with Crippen molar-refractivity contribution in [2.75, 3.05) is 11.9 Å². The highest BCUT2D eigenvalue weighted by molar-refractivity contribution is 9.09. The molecule has 0 radical (unpaired) electrons. The van der Waals surface area contributed by atoms with Crippen LogP contribution in [0.3, 0.4) is 0 Å². The van der Waals surface area contributed by atoms with Gasteiger partial charge in [-0.15, -0.1) is 5.10 Å². The Bertz CT molecular complexity index is 1090. The van der Waals surface area contributed by atoms with Crippen LogP contribution in [0.2, 0.25) is 0 Å². The van der Waals surface area contributed by atoms with Gasteiger partial charge in [0.25, 0.3) is 5.69 Å². The first-order valence-corrected chi connectivity index (χ1v) is 10.1. The lowest BCUT2D eigenvalue weighted by molar-refractivity contribution is -0.385. The second kappa shape index (κ2) is 9.47. The van der Waals surface area contributed by atoms with E-state index in [1.165, 1.54) is 29.2 Å². The molecule has 2 heterocycles. The van der Waals surface area contributed by atoms with Gasteiger partial charge < -0.3 is 15.2 Å². The van der Waals surface area contributed by atoms with Gasteiger partial charge in [-0.25, -0.2) is 14.5 Å². The van der Waals surface area contributed by atoms with E-state index in [-0.39, 0.29) is 52.7 Å². The number of carboxylic acid groups (broad SMARTS) is 1. The third kappa shape index (κ3) is 4.77. The second-order valence-electron chi connectivity index (χ2n) is 6.22. The highest BCUT2D eigenvalue weighted by Gasteiger charge is 2.35. The molecular formula is C18H17BrN6O6. The minimum atomic E-state index is -1.27. The van der Waals surface area contributed by atoms with Gasteiger partial charge in [0.05, 0.1) is 22.7 Å². The van der Waals surface area contributed by atoms with Crippen LogP contribution in [0.15, 0.2) is 46.9 Å². The van der Waals surface area contributed by atoms with Crippen molar-refractivity contribution in [2.45, 2.75) is 19.5 Å². The summed E-state index contributed by atoms with van der Waals surface area (Å²) in [6.07, 6.45) is 1.31. The quantitative estimate of drug-likeness (QED) is 0.241. The van der Waals surface area contributed by atoms with Crippen LogP contribution in [0.4, 0.5) is 5.69 Å². The summed E-state index contributed by atoms with van der Waals surface area (Å²) in [4.78, 5) is 43.0. The third-order valence-corrected chi connectivity index (χ3v) is 4.82. The molecular weight excluding hydrogens is 476 g/mol. The smallest absolute Gasteiger partial charge is 0.335 e. The molecule has 162 valence electrons. The van der Waals surface area contributed by atoms with Gasteiger partial charge in [-0.2, -0.15) is 0 Å². The Morgan fingerprint density at radius 3 is 2.77 bits per heavy atom. The summed E-state index contributed by atoms with van der Waals surface area (Å²) in [6.45, 7) is 1.75. The maximum atomic E-state index is 12.0. The van der Waals surface area contributed by atoms with Gasteiger partial charge in [-0.1, -0.05) is 28.1 Å². The molecule has 31 heavy (non-hydrogen) atoms. The molecule has 1 unspecified atom stereocenters. The number of alkyl halides is 1. The van der Waals surface area contributed by atoms with Crippen LogP contribution in [0.5, 0.6) is 0 Å². The van der Waals surface area contributed by atoms with Crippen LogP contribution in [-0.4, -0.2) is 54.5 Å². The Morgan fingerprint density at radius 1 is 1.39 bits per heavy atom. The fourth-order valence-electron chi connectivity index (χ4n) is 2.99. The zero-order valence-electron chi connectivity index (χ0n) is 16.2. The van der Waals surface area contributed by atoms with Gasteiger partial charge in [-0.3, -0.25) is 19.9 Å². The van der Waals surface area contributed by atoms with Crippen molar-refractivity contribution < 1.29 is 24.4 Å². The van der Waals surface area contributed by atoms with Crippen molar-refractivity contribution in [2.24, 2.45) is 4.99 Å². The van der Waals surface area contributed by atoms with E-state index in [4.69, 9.17) is 4.74 Å². The van der Waals surface area contributed by atoms with Gasteiger partial charge in [0.1, 0.15) is 18.9 Å². The molecule has 1 aromatic carbocycles. The molecule has 1 aliphatic heterocycles. The maximum Gasteiger partial charge on any atom is 0.335 e. The standard InChI is InChI=1S/C18H17BrN6O6/c1-2-31-13(26)8-24-9-20-16(23-24)17-21-11(7-19)14(18(27)28)15(22-17)10-5-3-4-6-12(10)25(29)30/h3-6,9,15H,2,7-8H2,1H3,(H,21,22)(H,27,28). The number of benzene rings is 1. The first-order chi connectivity index (χ1) is 14.8. The SMILES string of the molecule is CCOC(=O)Cn1cnc(C2=NC(c3ccccc3[N+](=O)[O-])C(C(=O)O)=C(CBr)N2)n1. The van der Waals surface area contributed by atoms with E-state index in [1.54, 1.807) is 13.0 Å². The monoisotopic (exact) mass is 492 g/mol. The molecule has 0 fully saturated rings. The van der Waals surface area contributed by atoms with Crippen LogP contribution in [0, 0.1) is 10.1 Å². The van der Waals surface area contributed by atoms with E-state index in [0.717, 1.165) is 0 Å². The van der Waals surface area contributed by atoms with Gasteiger partial charge in [-0.05, 0) is 13.0 Å². The first kappa shape index (κ1) is 22.1. The Kier molecular flexibility index (Phi) is 6.74. The predicted molar refractivity (Wildman–Crippen MR) is 111 cm³/mol. The first-order valence-electron chi connectivity index (χ1n) is 9.01. The number of nitro benzene ring substituents is 1. The van der Waals surface area contributed by atoms with Gasteiger partial charge in [0.15, 0.2) is 5.84 Å². The van der Waals surface area contributed by atoms with Gasteiger partial charge in [0, 0.05) is 17.1 Å². The average molecular weight is 493 g/mol. The molecule has 1 atom stereocenters. The van der Waals surface area contributed by atoms with Crippen LogP contribution in [-0.2, 0) is 20.9 Å². The van der Waals surface area contributed by atoms with Crippen molar-refractivity contribution in [3.63, 3.8) is 0 Å². The lowest BCUT2D eigenvalue weighted by Gasteiger charge is -2.24. The van der Waals surface area contributed by atoms with E-state index < -0.39 is 22.9 Å². The molecule has 0 amide bonds. The molecule has 0 bridgehead atoms. The number of hydrogen-bond donors (Lipinski definition) is 2.